The highest BCUT2D eigenvalue weighted by molar-refractivity contribution is 6.37. The van der Waals surface area contributed by atoms with E-state index in [1.807, 2.05) is 36.4 Å². The van der Waals surface area contributed by atoms with E-state index in [-0.39, 0.29) is 38.4 Å². The van der Waals surface area contributed by atoms with E-state index in [0.717, 1.165) is 48.2 Å². The fraction of sp³-hybridized carbons (Fsp3) is 0.421. The average Bonchev–Trinajstić information content (AvgIpc) is 3.55. The number of hydrogen-bond donors (Lipinski definition) is 4. The summed E-state index contributed by atoms with van der Waals surface area (Å²) in [4.78, 5) is 2.24. The first kappa shape index (κ1) is 40.0. The molecule has 2 atom stereocenters. The molecular formula is C38H43Cl5N2O6. The Bertz CT molecular complexity index is 1720. The van der Waals surface area contributed by atoms with Crippen LogP contribution >= 0.6 is 58.0 Å². The standard InChI is InChI=1S/C38H43Cl5N2O6/c1-38(22-46,23-47)44-18-25-16-32(41)35(17-34(25)50-21-26-15-27(39)9-10-31(26)40)51-20-24-5-2-6-29(36(24)42)30-7-3-8-33(37(30)43)49-14-4-12-45-13-11-28(48)19-45/h2-3,5-10,15,17,25,28,44,46-48H,4,11-14,16,18-23H2,1H3/t25?,28-/m1/s1. The summed E-state index contributed by atoms with van der Waals surface area (Å²) in [5, 5.41) is 35.1. The van der Waals surface area contributed by atoms with Gasteiger partial charge >= 0.3 is 0 Å². The van der Waals surface area contributed by atoms with Crippen molar-refractivity contribution in [2.24, 2.45) is 5.92 Å². The Labute approximate surface area is 324 Å². The predicted molar refractivity (Wildman–Crippen MR) is 205 cm³/mol. The van der Waals surface area contributed by atoms with Crippen molar-refractivity contribution in [2.45, 2.75) is 51.0 Å². The molecule has 1 unspecified atom stereocenters. The Kier molecular flexibility index (Phi) is 14.7. The molecule has 0 spiro atoms. The zero-order valence-electron chi connectivity index (χ0n) is 28.3. The van der Waals surface area contributed by atoms with E-state index in [4.69, 9.17) is 72.2 Å². The lowest BCUT2D eigenvalue weighted by molar-refractivity contribution is 0.0940. The van der Waals surface area contributed by atoms with Gasteiger partial charge < -0.3 is 39.7 Å². The molecular weight excluding hydrogens is 758 g/mol. The number of ether oxygens (including phenoxy) is 3. The van der Waals surface area contributed by atoms with Crippen LogP contribution in [0.25, 0.3) is 11.1 Å². The van der Waals surface area contributed by atoms with Crippen molar-refractivity contribution >= 4 is 58.0 Å². The monoisotopic (exact) mass is 798 g/mol. The quantitative estimate of drug-likeness (QED) is 0.101. The molecule has 3 aromatic rings. The maximum absolute atomic E-state index is 9.81. The Morgan fingerprint density at radius 1 is 0.882 bits per heavy atom. The second kappa shape index (κ2) is 18.7. The Morgan fingerprint density at radius 2 is 1.61 bits per heavy atom. The summed E-state index contributed by atoms with van der Waals surface area (Å²) in [5.41, 5.74) is 2.04. The summed E-state index contributed by atoms with van der Waals surface area (Å²) in [6.45, 7) is 4.84. The number of β-amino-alcohol motifs (C(OH)–C–C–N with tert-alkyl or cyclic N) is 1. The lowest BCUT2D eigenvalue weighted by Crippen LogP contribution is -2.51. The molecule has 1 aliphatic heterocycles. The van der Waals surface area contributed by atoms with E-state index in [9.17, 15) is 15.3 Å². The van der Waals surface area contributed by atoms with Gasteiger partial charge in [-0.2, -0.15) is 0 Å². The molecule has 0 aromatic heterocycles. The molecule has 13 heteroatoms. The molecule has 1 aliphatic carbocycles. The molecule has 0 bridgehead atoms. The van der Waals surface area contributed by atoms with Crippen molar-refractivity contribution in [3.05, 3.63) is 108 Å². The SMILES string of the molecule is CC(CO)(CO)NCC1CC(Cl)=C(OCc2cccc(-c3cccc(OCCCN4CC[C@@H](O)C4)c3Cl)c2Cl)C=C1OCc1cc(Cl)ccc1Cl. The highest BCUT2D eigenvalue weighted by Crippen LogP contribution is 2.41. The van der Waals surface area contributed by atoms with Crippen LogP contribution < -0.4 is 10.1 Å². The molecule has 8 nitrogen and oxygen atoms in total. The van der Waals surface area contributed by atoms with Crippen molar-refractivity contribution in [1.29, 1.82) is 0 Å². The van der Waals surface area contributed by atoms with Crippen molar-refractivity contribution in [2.75, 3.05) is 46.0 Å². The Morgan fingerprint density at radius 3 is 2.33 bits per heavy atom. The molecule has 1 saturated heterocycles. The van der Waals surface area contributed by atoms with Gasteiger partial charge in [0.25, 0.3) is 0 Å². The number of benzene rings is 3. The lowest BCUT2D eigenvalue weighted by atomic mass is 9.95. The minimum absolute atomic E-state index is 0.122. The van der Waals surface area contributed by atoms with Crippen LogP contribution in [0.4, 0.5) is 0 Å². The van der Waals surface area contributed by atoms with Crippen molar-refractivity contribution in [3.8, 4) is 16.9 Å². The van der Waals surface area contributed by atoms with E-state index >= 15 is 0 Å². The molecule has 4 N–H and O–H groups in total. The average molecular weight is 801 g/mol. The fourth-order valence-corrected chi connectivity index (χ4v) is 7.14. The Balaban J connectivity index is 1.28. The number of nitrogens with zero attached hydrogens (tertiary/aromatic N) is 1. The van der Waals surface area contributed by atoms with Crippen LogP contribution in [0.1, 0.15) is 37.3 Å². The number of allylic oxidation sites excluding steroid dienone is 2. The first-order chi connectivity index (χ1) is 24.5. The highest BCUT2D eigenvalue weighted by atomic mass is 35.5. The zero-order chi connectivity index (χ0) is 36.5. The number of nitrogens with one attached hydrogen (secondary N) is 1. The molecule has 0 radical (unpaired) electrons. The van der Waals surface area contributed by atoms with Crippen molar-refractivity contribution in [1.82, 2.24) is 10.2 Å². The van der Waals surface area contributed by atoms with Crippen LogP contribution in [-0.4, -0.2) is 77.9 Å². The zero-order valence-corrected chi connectivity index (χ0v) is 32.1. The Hall–Kier alpha value is -2.21. The van der Waals surface area contributed by atoms with Crippen molar-refractivity contribution in [3.63, 3.8) is 0 Å². The van der Waals surface area contributed by atoms with Gasteiger partial charge in [0.15, 0.2) is 0 Å². The maximum Gasteiger partial charge on any atom is 0.138 e. The van der Waals surface area contributed by atoms with Crippen LogP contribution in [0.3, 0.4) is 0 Å². The van der Waals surface area contributed by atoms with E-state index < -0.39 is 5.54 Å². The molecule has 5 rings (SSSR count). The van der Waals surface area contributed by atoms with Gasteiger partial charge in [-0.3, -0.25) is 0 Å². The number of halogens is 5. The number of aliphatic hydroxyl groups is 3. The molecule has 2 aliphatic rings. The summed E-state index contributed by atoms with van der Waals surface area (Å²) in [7, 11) is 0. The first-order valence-corrected chi connectivity index (χ1v) is 18.7. The van der Waals surface area contributed by atoms with Gasteiger partial charge in [0.1, 0.15) is 30.5 Å². The fourth-order valence-electron chi connectivity index (χ4n) is 5.91. The predicted octanol–water partition coefficient (Wildman–Crippen LogP) is 8.22. The minimum atomic E-state index is -0.886. The van der Waals surface area contributed by atoms with E-state index in [1.165, 1.54) is 0 Å². The van der Waals surface area contributed by atoms with Crippen molar-refractivity contribution < 1.29 is 29.5 Å². The molecule has 1 fully saturated rings. The van der Waals surface area contributed by atoms with Crippen LogP contribution in [0, 0.1) is 5.92 Å². The smallest absolute Gasteiger partial charge is 0.138 e. The summed E-state index contributed by atoms with van der Waals surface area (Å²) in [5.74, 6) is 1.38. The van der Waals surface area contributed by atoms with Crippen LogP contribution in [0.15, 0.2) is 77.2 Å². The van der Waals surface area contributed by atoms with Gasteiger partial charge in [0, 0.05) is 70.5 Å². The lowest BCUT2D eigenvalue weighted by Gasteiger charge is -2.31. The molecule has 276 valence electrons. The molecule has 1 heterocycles. The largest absolute Gasteiger partial charge is 0.493 e. The van der Waals surface area contributed by atoms with Gasteiger partial charge in [-0.1, -0.05) is 88.3 Å². The molecule has 51 heavy (non-hydrogen) atoms. The number of hydrogen-bond acceptors (Lipinski definition) is 8. The third-order valence-electron chi connectivity index (χ3n) is 9.08. The van der Waals surface area contributed by atoms with Gasteiger partial charge in [-0.15, -0.1) is 0 Å². The van der Waals surface area contributed by atoms with E-state index in [2.05, 4.69) is 10.2 Å². The van der Waals surface area contributed by atoms with Crippen LogP contribution in [-0.2, 0) is 22.7 Å². The number of rotatable bonds is 17. The second-order valence-electron chi connectivity index (χ2n) is 13.1. The van der Waals surface area contributed by atoms with E-state index in [0.29, 0.717) is 68.5 Å². The summed E-state index contributed by atoms with van der Waals surface area (Å²) < 4.78 is 18.6. The summed E-state index contributed by atoms with van der Waals surface area (Å²) in [6.07, 6.45) is 3.54. The first-order valence-electron chi connectivity index (χ1n) is 16.9. The molecule has 0 saturated carbocycles. The van der Waals surface area contributed by atoms with Gasteiger partial charge in [-0.25, -0.2) is 0 Å². The normalized spacial score (nSPS) is 18.3. The van der Waals surface area contributed by atoms with Crippen LogP contribution in [0.2, 0.25) is 20.1 Å². The van der Waals surface area contributed by atoms with E-state index in [1.54, 1.807) is 31.2 Å². The van der Waals surface area contributed by atoms with Gasteiger partial charge in [0.2, 0.25) is 0 Å². The second-order valence-corrected chi connectivity index (χ2v) is 15.2. The summed E-state index contributed by atoms with van der Waals surface area (Å²) in [6, 6.07) is 16.5. The van der Waals surface area contributed by atoms with Gasteiger partial charge in [0.05, 0.1) is 46.5 Å². The highest BCUT2D eigenvalue weighted by Gasteiger charge is 2.29. The third-order valence-corrected chi connectivity index (χ3v) is 10.9. The molecule has 0 amide bonds. The number of aliphatic hydroxyl groups excluding tert-OH is 3. The van der Waals surface area contributed by atoms with Crippen LogP contribution in [0.5, 0.6) is 5.75 Å². The molecule has 3 aromatic carbocycles. The number of likely N-dealkylation sites (tertiary alicyclic amines) is 1. The maximum atomic E-state index is 9.81. The van der Waals surface area contributed by atoms with Gasteiger partial charge in [-0.05, 0) is 50.5 Å². The third kappa shape index (κ3) is 10.7. The summed E-state index contributed by atoms with van der Waals surface area (Å²) >= 11 is 33.2. The topological polar surface area (TPSA) is 104 Å². The minimum Gasteiger partial charge on any atom is -0.493 e.